The molecule has 0 bridgehead atoms. The molecule has 0 spiro atoms. The first-order valence-corrected chi connectivity index (χ1v) is 6.02. The highest BCUT2D eigenvalue weighted by Gasteiger charge is 2.27. The molecule has 0 aliphatic carbocycles. The summed E-state index contributed by atoms with van der Waals surface area (Å²) in [6, 6.07) is 5.03. The van der Waals surface area contributed by atoms with Gasteiger partial charge in [0.05, 0.1) is 18.6 Å². The van der Waals surface area contributed by atoms with E-state index in [2.05, 4.69) is 0 Å². The Labute approximate surface area is 111 Å². The van der Waals surface area contributed by atoms with E-state index in [0.29, 0.717) is 22.2 Å². The third-order valence-corrected chi connectivity index (χ3v) is 2.91. The Morgan fingerprint density at radius 1 is 1.47 bits per heavy atom. The molecule has 1 atom stereocenters. The van der Waals surface area contributed by atoms with E-state index in [4.69, 9.17) is 33.7 Å². The Bertz CT molecular complexity index is 419. The highest BCUT2D eigenvalue weighted by atomic mass is 35.5. The van der Waals surface area contributed by atoms with Gasteiger partial charge in [0.15, 0.2) is 0 Å². The van der Waals surface area contributed by atoms with Gasteiger partial charge in [-0.1, -0.05) is 29.3 Å². The van der Waals surface area contributed by atoms with Gasteiger partial charge in [-0.2, -0.15) is 0 Å². The van der Waals surface area contributed by atoms with E-state index in [-0.39, 0.29) is 12.4 Å². The molecule has 0 radical (unpaired) electrons. The number of halogens is 2. The van der Waals surface area contributed by atoms with Crippen LogP contribution in [0.5, 0.6) is 0 Å². The topological polar surface area (TPSA) is 52.3 Å². The van der Waals surface area contributed by atoms with Crippen molar-refractivity contribution in [3.8, 4) is 0 Å². The maximum atomic E-state index is 11.4. The maximum absolute atomic E-state index is 11.4. The summed E-state index contributed by atoms with van der Waals surface area (Å²) in [7, 11) is 0. The normalized spacial score (nSPS) is 14.2. The fourth-order valence-corrected chi connectivity index (χ4v) is 2.18. The second-order valence-electron chi connectivity index (χ2n) is 4.02. The SMILES string of the molecule is CCOC(=O)CC(C)(N)c1ccc(Cl)cc1Cl. The first kappa shape index (κ1) is 14.3. The molecule has 1 rings (SSSR count). The summed E-state index contributed by atoms with van der Waals surface area (Å²) in [6.45, 7) is 3.82. The van der Waals surface area contributed by atoms with Crippen LogP contribution in [0.1, 0.15) is 25.8 Å². The largest absolute Gasteiger partial charge is 0.466 e. The molecular formula is C12H15Cl2NO2. The van der Waals surface area contributed by atoms with Crippen molar-refractivity contribution >= 4 is 29.2 Å². The minimum Gasteiger partial charge on any atom is -0.466 e. The average Bonchev–Trinajstić information content (AvgIpc) is 2.15. The lowest BCUT2D eigenvalue weighted by Crippen LogP contribution is -2.36. The lowest BCUT2D eigenvalue weighted by molar-refractivity contribution is -0.144. The summed E-state index contributed by atoms with van der Waals surface area (Å²) in [5.41, 5.74) is 5.90. The van der Waals surface area contributed by atoms with E-state index in [0.717, 1.165) is 0 Å². The lowest BCUT2D eigenvalue weighted by Gasteiger charge is -2.25. The number of nitrogens with two attached hydrogens (primary N) is 1. The van der Waals surface area contributed by atoms with Crippen LogP contribution < -0.4 is 5.73 Å². The van der Waals surface area contributed by atoms with Gasteiger partial charge in [0.25, 0.3) is 0 Å². The van der Waals surface area contributed by atoms with Crippen molar-refractivity contribution < 1.29 is 9.53 Å². The molecule has 3 nitrogen and oxygen atoms in total. The van der Waals surface area contributed by atoms with Gasteiger partial charge in [0, 0.05) is 10.0 Å². The number of hydrogen-bond donors (Lipinski definition) is 1. The maximum Gasteiger partial charge on any atom is 0.307 e. The first-order valence-electron chi connectivity index (χ1n) is 5.27. The highest BCUT2D eigenvalue weighted by Crippen LogP contribution is 2.31. The summed E-state index contributed by atoms with van der Waals surface area (Å²) in [6.07, 6.45) is 0.0716. The van der Waals surface area contributed by atoms with Crippen LogP contribution in [0.3, 0.4) is 0 Å². The van der Waals surface area contributed by atoms with Crippen LogP contribution in [0, 0.1) is 0 Å². The van der Waals surface area contributed by atoms with Gasteiger partial charge < -0.3 is 10.5 Å². The molecule has 1 aromatic rings. The minimum atomic E-state index is -0.867. The molecule has 0 saturated carbocycles. The summed E-state index contributed by atoms with van der Waals surface area (Å²) in [5.74, 6) is -0.344. The fraction of sp³-hybridized carbons (Fsp3) is 0.417. The Balaban J connectivity index is 2.92. The number of hydrogen-bond acceptors (Lipinski definition) is 3. The summed E-state index contributed by atoms with van der Waals surface area (Å²) in [5, 5.41) is 0.984. The average molecular weight is 276 g/mol. The van der Waals surface area contributed by atoms with Crippen LogP contribution in [-0.2, 0) is 15.1 Å². The van der Waals surface area contributed by atoms with Crippen molar-refractivity contribution in [3.63, 3.8) is 0 Å². The van der Waals surface area contributed by atoms with Gasteiger partial charge in [0.2, 0.25) is 0 Å². The number of carbonyl (C=O) groups is 1. The molecule has 2 N–H and O–H groups in total. The quantitative estimate of drug-likeness (QED) is 0.859. The molecule has 0 aromatic heterocycles. The van der Waals surface area contributed by atoms with Gasteiger partial charge in [0.1, 0.15) is 0 Å². The summed E-state index contributed by atoms with van der Waals surface area (Å²) >= 11 is 11.9. The molecule has 1 unspecified atom stereocenters. The van der Waals surface area contributed by atoms with Gasteiger partial charge in [-0.25, -0.2) is 0 Å². The zero-order valence-corrected chi connectivity index (χ0v) is 11.3. The molecule has 5 heteroatoms. The second kappa shape index (κ2) is 5.71. The number of rotatable bonds is 4. The van der Waals surface area contributed by atoms with E-state index < -0.39 is 5.54 Å². The molecule has 0 amide bonds. The predicted octanol–water partition coefficient (Wildman–Crippen LogP) is 3.12. The summed E-state index contributed by atoms with van der Waals surface area (Å²) < 4.78 is 4.87. The third kappa shape index (κ3) is 3.87. The number of benzene rings is 1. The highest BCUT2D eigenvalue weighted by molar-refractivity contribution is 6.35. The Kier molecular flexibility index (Phi) is 4.80. The second-order valence-corrected chi connectivity index (χ2v) is 4.87. The van der Waals surface area contributed by atoms with Crippen molar-refractivity contribution in [2.24, 2.45) is 5.73 Å². The van der Waals surface area contributed by atoms with Crippen LogP contribution in [0.25, 0.3) is 0 Å². The monoisotopic (exact) mass is 275 g/mol. The van der Waals surface area contributed by atoms with E-state index in [9.17, 15) is 4.79 Å². The molecule has 0 heterocycles. The van der Waals surface area contributed by atoms with E-state index in [1.807, 2.05) is 0 Å². The molecule has 0 aliphatic rings. The van der Waals surface area contributed by atoms with Gasteiger partial charge in [-0.15, -0.1) is 0 Å². The molecule has 0 saturated heterocycles. The molecule has 17 heavy (non-hydrogen) atoms. The van der Waals surface area contributed by atoms with Crippen LogP contribution >= 0.6 is 23.2 Å². The van der Waals surface area contributed by atoms with Gasteiger partial charge in [-0.05, 0) is 31.5 Å². The zero-order valence-electron chi connectivity index (χ0n) is 9.80. The molecule has 0 aliphatic heterocycles. The number of carbonyl (C=O) groups excluding carboxylic acids is 1. The van der Waals surface area contributed by atoms with Crippen LogP contribution in [0.15, 0.2) is 18.2 Å². The standard InChI is InChI=1S/C12H15Cl2NO2/c1-3-17-11(16)7-12(2,15)9-5-4-8(13)6-10(9)14/h4-6H,3,7,15H2,1-2H3. The van der Waals surface area contributed by atoms with Crippen molar-refractivity contribution in [1.29, 1.82) is 0 Å². The molecule has 94 valence electrons. The van der Waals surface area contributed by atoms with Crippen molar-refractivity contribution in [2.45, 2.75) is 25.8 Å². The van der Waals surface area contributed by atoms with Crippen LogP contribution in [-0.4, -0.2) is 12.6 Å². The predicted molar refractivity (Wildman–Crippen MR) is 69.3 cm³/mol. The Morgan fingerprint density at radius 2 is 2.12 bits per heavy atom. The number of ether oxygens (including phenoxy) is 1. The van der Waals surface area contributed by atoms with Gasteiger partial charge >= 0.3 is 5.97 Å². The van der Waals surface area contributed by atoms with E-state index in [1.165, 1.54) is 0 Å². The molecule has 0 fully saturated rings. The van der Waals surface area contributed by atoms with Crippen LogP contribution in [0.2, 0.25) is 10.0 Å². The van der Waals surface area contributed by atoms with Gasteiger partial charge in [-0.3, -0.25) is 4.79 Å². The summed E-state index contributed by atoms with van der Waals surface area (Å²) in [4.78, 5) is 11.4. The van der Waals surface area contributed by atoms with Crippen molar-refractivity contribution in [2.75, 3.05) is 6.61 Å². The Morgan fingerprint density at radius 3 is 2.65 bits per heavy atom. The third-order valence-electron chi connectivity index (χ3n) is 2.36. The fourth-order valence-electron chi connectivity index (χ4n) is 1.56. The van der Waals surface area contributed by atoms with Crippen molar-refractivity contribution in [1.82, 2.24) is 0 Å². The zero-order chi connectivity index (χ0) is 13.1. The minimum absolute atomic E-state index is 0.0716. The lowest BCUT2D eigenvalue weighted by atomic mass is 9.90. The Hall–Kier alpha value is -0.770. The molecule has 1 aromatic carbocycles. The van der Waals surface area contributed by atoms with Crippen molar-refractivity contribution in [3.05, 3.63) is 33.8 Å². The smallest absolute Gasteiger partial charge is 0.307 e. The molecular weight excluding hydrogens is 261 g/mol. The number of esters is 1. The van der Waals surface area contributed by atoms with E-state index in [1.54, 1.807) is 32.0 Å². The van der Waals surface area contributed by atoms with Crippen LogP contribution in [0.4, 0.5) is 0 Å². The van der Waals surface area contributed by atoms with E-state index >= 15 is 0 Å². The first-order chi connectivity index (χ1) is 7.86.